The summed E-state index contributed by atoms with van der Waals surface area (Å²) in [7, 11) is 0. The van der Waals surface area contributed by atoms with E-state index in [1.807, 2.05) is 0 Å². The molecule has 0 bridgehead atoms. The molecule has 0 saturated heterocycles. The van der Waals surface area contributed by atoms with E-state index in [0.29, 0.717) is 0 Å². The van der Waals surface area contributed by atoms with E-state index in [2.05, 4.69) is 41.5 Å². The van der Waals surface area contributed by atoms with Crippen molar-refractivity contribution in [2.75, 3.05) is 0 Å². The molecule has 0 heterocycles. The molecule has 0 radical (unpaired) electrons. The van der Waals surface area contributed by atoms with E-state index >= 15 is 0 Å². The first-order chi connectivity index (χ1) is 7.41. The fourth-order valence-corrected chi connectivity index (χ4v) is 14.4. The fourth-order valence-electron chi connectivity index (χ4n) is 2.14. The van der Waals surface area contributed by atoms with E-state index in [1.54, 1.807) is 13.3 Å². The summed E-state index contributed by atoms with van der Waals surface area (Å²) in [6.07, 6.45) is 4.53. The van der Waals surface area contributed by atoms with Crippen molar-refractivity contribution < 1.29 is 0 Å². The van der Waals surface area contributed by atoms with Gasteiger partial charge in [-0.05, 0) is 0 Å². The number of rotatable bonds is 9. The SMILES string of the molecule is CC(C)C[CH2][SnH]([CH2]CC(C)C)[CH2]CC(C)C. The summed E-state index contributed by atoms with van der Waals surface area (Å²) in [4.78, 5) is 0. The Hall–Kier alpha value is 0.799. The Morgan fingerprint density at radius 3 is 1.00 bits per heavy atom. The van der Waals surface area contributed by atoms with Gasteiger partial charge in [-0.1, -0.05) is 0 Å². The zero-order valence-corrected chi connectivity index (χ0v) is 15.8. The van der Waals surface area contributed by atoms with Gasteiger partial charge in [-0.2, -0.15) is 0 Å². The zero-order chi connectivity index (χ0) is 12.6. The molecule has 0 aromatic rings. The Morgan fingerprint density at radius 2 is 0.812 bits per heavy atom. The van der Waals surface area contributed by atoms with Crippen LogP contribution in [0.4, 0.5) is 0 Å². The predicted octanol–water partition coefficient (Wildman–Crippen LogP) is 5.35. The van der Waals surface area contributed by atoms with Crippen molar-refractivity contribution in [3.63, 3.8) is 0 Å². The second kappa shape index (κ2) is 9.79. The first kappa shape index (κ1) is 16.8. The van der Waals surface area contributed by atoms with Crippen LogP contribution >= 0.6 is 0 Å². The molecule has 0 aliphatic rings. The predicted molar refractivity (Wildman–Crippen MR) is 79.9 cm³/mol. The Balaban J connectivity index is 3.85. The summed E-state index contributed by atoms with van der Waals surface area (Å²) in [6.45, 7) is 14.3. The monoisotopic (exact) mass is 334 g/mol. The van der Waals surface area contributed by atoms with E-state index in [4.69, 9.17) is 0 Å². The number of hydrogen-bond acceptors (Lipinski definition) is 0. The van der Waals surface area contributed by atoms with Gasteiger partial charge >= 0.3 is 112 Å². The van der Waals surface area contributed by atoms with Gasteiger partial charge in [0.15, 0.2) is 0 Å². The van der Waals surface area contributed by atoms with Crippen LogP contribution in [0.1, 0.15) is 60.8 Å². The average Bonchev–Trinajstić information content (AvgIpc) is 2.15. The first-order valence-corrected chi connectivity index (χ1v) is 14.4. The normalized spacial score (nSPS) is 12.4. The molecule has 0 rings (SSSR count). The maximum absolute atomic E-state index is 2.38. The summed E-state index contributed by atoms with van der Waals surface area (Å²) in [6, 6.07) is 0. The van der Waals surface area contributed by atoms with E-state index in [9.17, 15) is 0 Å². The Labute approximate surface area is 111 Å². The fraction of sp³-hybridized carbons (Fsp3) is 1.00. The van der Waals surface area contributed by atoms with Gasteiger partial charge in [-0.3, -0.25) is 0 Å². The van der Waals surface area contributed by atoms with Gasteiger partial charge in [0.1, 0.15) is 0 Å². The third-order valence-corrected chi connectivity index (χ3v) is 13.3. The van der Waals surface area contributed by atoms with Gasteiger partial charge in [0.25, 0.3) is 0 Å². The van der Waals surface area contributed by atoms with Crippen LogP contribution in [0.5, 0.6) is 0 Å². The molecule has 0 saturated carbocycles. The van der Waals surface area contributed by atoms with Crippen LogP contribution in [0.15, 0.2) is 0 Å². The molecule has 0 atom stereocenters. The van der Waals surface area contributed by atoms with Crippen LogP contribution < -0.4 is 0 Å². The van der Waals surface area contributed by atoms with E-state index < -0.39 is 19.8 Å². The average molecular weight is 333 g/mol. The van der Waals surface area contributed by atoms with Crippen molar-refractivity contribution in [3.05, 3.63) is 0 Å². The van der Waals surface area contributed by atoms with Crippen molar-refractivity contribution >= 4 is 19.8 Å². The van der Waals surface area contributed by atoms with Gasteiger partial charge in [-0.15, -0.1) is 0 Å². The summed E-state index contributed by atoms with van der Waals surface area (Å²) in [5.74, 6) is 2.78. The standard InChI is InChI=1S/3C5H11.Sn.H/c3*1-4-5(2)3;;/h3*5H,1,4H2,2-3H3;;. The van der Waals surface area contributed by atoms with Crippen LogP contribution in [-0.2, 0) is 0 Å². The molecule has 0 spiro atoms. The summed E-state index contributed by atoms with van der Waals surface area (Å²) >= 11 is -1.12. The van der Waals surface area contributed by atoms with Crippen molar-refractivity contribution in [1.82, 2.24) is 0 Å². The molecule has 0 amide bonds. The van der Waals surface area contributed by atoms with Gasteiger partial charge in [0, 0.05) is 0 Å². The Kier molecular flexibility index (Phi) is 10.3. The molecule has 0 unspecified atom stereocenters. The van der Waals surface area contributed by atoms with Crippen molar-refractivity contribution in [2.24, 2.45) is 17.8 Å². The van der Waals surface area contributed by atoms with E-state index in [1.165, 1.54) is 19.3 Å². The quantitative estimate of drug-likeness (QED) is 0.499. The van der Waals surface area contributed by atoms with Crippen molar-refractivity contribution in [3.8, 4) is 0 Å². The third-order valence-electron chi connectivity index (χ3n) is 3.46. The van der Waals surface area contributed by atoms with Crippen LogP contribution in [-0.4, -0.2) is 19.8 Å². The van der Waals surface area contributed by atoms with Crippen LogP contribution in [0.25, 0.3) is 0 Å². The van der Waals surface area contributed by atoms with Crippen molar-refractivity contribution in [2.45, 2.75) is 74.1 Å². The van der Waals surface area contributed by atoms with Crippen LogP contribution in [0.3, 0.4) is 0 Å². The van der Waals surface area contributed by atoms with Crippen LogP contribution in [0.2, 0.25) is 13.3 Å². The van der Waals surface area contributed by atoms with Gasteiger partial charge < -0.3 is 0 Å². The Morgan fingerprint density at radius 1 is 0.562 bits per heavy atom. The van der Waals surface area contributed by atoms with Gasteiger partial charge in [0.05, 0.1) is 0 Å². The molecular weight excluding hydrogens is 299 g/mol. The molecule has 0 aromatic carbocycles. The summed E-state index contributed by atoms with van der Waals surface area (Å²) < 4.78 is 5.00. The van der Waals surface area contributed by atoms with Crippen molar-refractivity contribution in [1.29, 1.82) is 0 Å². The van der Waals surface area contributed by atoms with E-state index in [0.717, 1.165) is 17.8 Å². The molecule has 0 N–H and O–H groups in total. The first-order valence-electron chi connectivity index (χ1n) is 7.41. The summed E-state index contributed by atoms with van der Waals surface area (Å²) in [5, 5.41) is 0. The second-order valence-electron chi connectivity index (χ2n) is 6.78. The molecule has 0 aliphatic carbocycles. The molecule has 0 aromatic heterocycles. The van der Waals surface area contributed by atoms with Gasteiger partial charge in [0.2, 0.25) is 0 Å². The van der Waals surface area contributed by atoms with E-state index in [-0.39, 0.29) is 0 Å². The molecule has 0 aliphatic heterocycles. The molecule has 0 fully saturated rings. The molecule has 16 heavy (non-hydrogen) atoms. The minimum absolute atomic E-state index is 0.928. The van der Waals surface area contributed by atoms with Crippen LogP contribution in [0, 0.1) is 17.8 Å². The molecule has 0 nitrogen and oxygen atoms in total. The zero-order valence-electron chi connectivity index (χ0n) is 12.6. The molecule has 98 valence electrons. The maximum atomic E-state index is 2.38. The second-order valence-corrected chi connectivity index (χ2v) is 16.7. The Bertz CT molecular complexity index is 121. The van der Waals surface area contributed by atoms with Gasteiger partial charge in [-0.25, -0.2) is 0 Å². The minimum atomic E-state index is -1.12. The molecular formula is C15H34Sn. The molecule has 1 heteroatoms. The third kappa shape index (κ3) is 11.3. The summed E-state index contributed by atoms with van der Waals surface area (Å²) in [5.41, 5.74) is 0. The number of hydrogen-bond donors (Lipinski definition) is 0. The topological polar surface area (TPSA) is 0 Å².